The molecule has 1 aromatic carbocycles. The largest absolute Gasteiger partial charge is 0.433 e. The van der Waals surface area contributed by atoms with Gasteiger partial charge in [-0.15, -0.1) is 11.3 Å². The Hall–Kier alpha value is -2.10. The highest BCUT2D eigenvalue weighted by molar-refractivity contribution is 7.99. The minimum absolute atomic E-state index is 0.115. The van der Waals surface area contributed by atoms with Crippen LogP contribution in [0.3, 0.4) is 0 Å². The van der Waals surface area contributed by atoms with E-state index in [9.17, 15) is 18.0 Å². The lowest BCUT2D eigenvalue weighted by Gasteiger charge is -2.11. The number of thiophene rings is 1. The Morgan fingerprint density at radius 2 is 2.04 bits per heavy atom. The zero-order valence-electron chi connectivity index (χ0n) is 14.4. The van der Waals surface area contributed by atoms with Crippen molar-refractivity contribution in [1.82, 2.24) is 9.97 Å². The first kappa shape index (κ1) is 20.6. The summed E-state index contributed by atoms with van der Waals surface area (Å²) in [6, 6.07) is 9.40. The number of anilines is 1. The van der Waals surface area contributed by atoms with E-state index in [-0.39, 0.29) is 16.6 Å². The molecule has 1 N–H and O–H groups in total. The number of nitrogens with zero attached hydrogens (tertiary/aromatic N) is 2. The highest BCUT2D eigenvalue weighted by Crippen LogP contribution is 2.33. The number of amides is 1. The van der Waals surface area contributed by atoms with E-state index in [2.05, 4.69) is 15.3 Å². The average molecular weight is 444 g/mol. The molecule has 2 aromatic heterocycles. The summed E-state index contributed by atoms with van der Waals surface area (Å²) in [4.78, 5) is 20.5. The molecule has 0 saturated carbocycles. The van der Waals surface area contributed by atoms with E-state index in [0.29, 0.717) is 21.2 Å². The van der Waals surface area contributed by atoms with Crippen LogP contribution in [0.15, 0.2) is 46.9 Å². The summed E-state index contributed by atoms with van der Waals surface area (Å²) in [5, 5.41) is 4.83. The van der Waals surface area contributed by atoms with E-state index < -0.39 is 17.8 Å². The zero-order valence-corrected chi connectivity index (χ0v) is 16.8. The monoisotopic (exact) mass is 443 g/mol. The predicted molar refractivity (Wildman–Crippen MR) is 106 cm³/mol. The topological polar surface area (TPSA) is 54.9 Å². The smallest absolute Gasteiger partial charge is 0.325 e. The second-order valence-electron chi connectivity index (χ2n) is 5.65. The van der Waals surface area contributed by atoms with Gasteiger partial charge in [0.05, 0.1) is 16.3 Å². The fourth-order valence-corrected chi connectivity index (χ4v) is 3.76. The van der Waals surface area contributed by atoms with Gasteiger partial charge in [0.25, 0.3) is 0 Å². The maximum absolute atomic E-state index is 13.2. The lowest BCUT2D eigenvalue weighted by Crippen LogP contribution is -2.16. The van der Waals surface area contributed by atoms with Crippen LogP contribution in [-0.4, -0.2) is 21.6 Å². The molecule has 3 rings (SSSR count). The Labute approximate surface area is 172 Å². The molecule has 0 unspecified atom stereocenters. The molecular formula is C18H13ClF3N3OS2. The van der Waals surface area contributed by atoms with E-state index in [1.165, 1.54) is 11.3 Å². The Bertz CT molecular complexity index is 994. The normalized spacial score (nSPS) is 11.5. The van der Waals surface area contributed by atoms with Gasteiger partial charge in [0.1, 0.15) is 5.69 Å². The minimum Gasteiger partial charge on any atom is -0.325 e. The quantitative estimate of drug-likeness (QED) is 0.393. The van der Waals surface area contributed by atoms with E-state index in [4.69, 9.17) is 11.6 Å². The molecule has 0 bridgehead atoms. The molecule has 28 heavy (non-hydrogen) atoms. The first-order valence-corrected chi connectivity index (χ1v) is 10.2. The third-order valence-corrected chi connectivity index (χ3v) is 5.79. The van der Waals surface area contributed by atoms with Gasteiger partial charge in [-0.25, -0.2) is 9.97 Å². The Morgan fingerprint density at radius 1 is 1.25 bits per heavy atom. The molecule has 0 atom stereocenters. The molecule has 10 heteroatoms. The fourth-order valence-electron chi connectivity index (χ4n) is 2.24. The van der Waals surface area contributed by atoms with Crippen LogP contribution in [0.1, 0.15) is 11.3 Å². The third kappa shape index (κ3) is 5.03. The van der Waals surface area contributed by atoms with Gasteiger partial charge in [0.15, 0.2) is 5.16 Å². The minimum atomic E-state index is -4.61. The standard InChI is InChI=1S/C18H13ClF3N3OS2/c1-10-11(19)4-2-5-12(10)23-16(26)9-28-17-24-13(14-6-3-7-27-14)8-15(25-17)18(20,21)22/h2-8H,9H2,1H3,(H,23,26). The van der Waals surface area contributed by atoms with Crippen molar-refractivity contribution in [3.05, 3.63) is 58.1 Å². The Kier molecular flexibility index (Phi) is 6.26. The SMILES string of the molecule is Cc1c(Cl)cccc1NC(=O)CSc1nc(-c2cccs2)cc(C(F)(F)F)n1. The molecule has 0 aliphatic carbocycles. The number of halogens is 4. The lowest BCUT2D eigenvalue weighted by molar-refractivity contribution is -0.141. The van der Waals surface area contributed by atoms with Crippen molar-refractivity contribution in [3.8, 4) is 10.6 Å². The molecule has 0 radical (unpaired) electrons. The number of hydrogen-bond donors (Lipinski definition) is 1. The summed E-state index contributed by atoms with van der Waals surface area (Å²) in [6.07, 6.45) is -4.61. The number of benzene rings is 1. The Balaban J connectivity index is 1.77. The van der Waals surface area contributed by atoms with Crippen molar-refractivity contribution in [2.24, 2.45) is 0 Å². The number of thioether (sulfide) groups is 1. The first-order chi connectivity index (χ1) is 13.2. The maximum Gasteiger partial charge on any atom is 0.433 e. The number of aromatic nitrogens is 2. The van der Waals surface area contributed by atoms with Crippen LogP contribution >= 0.6 is 34.7 Å². The Morgan fingerprint density at radius 3 is 2.71 bits per heavy atom. The van der Waals surface area contributed by atoms with Crippen molar-refractivity contribution in [2.75, 3.05) is 11.1 Å². The molecule has 3 aromatic rings. The van der Waals surface area contributed by atoms with Crippen molar-refractivity contribution >= 4 is 46.3 Å². The molecule has 0 spiro atoms. The first-order valence-electron chi connectivity index (χ1n) is 7.92. The van der Waals surface area contributed by atoms with Crippen LogP contribution in [-0.2, 0) is 11.0 Å². The third-order valence-electron chi connectivity index (χ3n) is 3.64. The van der Waals surface area contributed by atoms with Gasteiger partial charge in [-0.05, 0) is 42.1 Å². The van der Waals surface area contributed by atoms with Crippen molar-refractivity contribution in [3.63, 3.8) is 0 Å². The van der Waals surface area contributed by atoms with Crippen LogP contribution in [0, 0.1) is 6.92 Å². The number of alkyl halides is 3. The van der Waals surface area contributed by atoms with E-state index in [1.54, 1.807) is 42.6 Å². The summed E-state index contributed by atoms with van der Waals surface area (Å²) < 4.78 is 39.5. The van der Waals surface area contributed by atoms with Gasteiger partial charge in [-0.2, -0.15) is 13.2 Å². The van der Waals surface area contributed by atoms with E-state index in [1.807, 2.05) is 0 Å². The number of nitrogens with one attached hydrogen (secondary N) is 1. The van der Waals surface area contributed by atoms with Crippen LogP contribution in [0.25, 0.3) is 10.6 Å². The van der Waals surface area contributed by atoms with Crippen LogP contribution in [0.5, 0.6) is 0 Å². The highest BCUT2D eigenvalue weighted by atomic mass is 35.5. The van der Waals surface area contributed by atoms with E-state index in [0.717, 1.165) is 17.8 Å². The van der Waals surface area contributed by atoms with Gasteiger partial charge >= 0.3 is 6.18 Å². The number of rotatable bonds is 5. The highest BCUT2D eigenvalue weighted by Gasteiger charge is 2.34. The summed E-state index contributed by atoms with van der Waals surface area (Å²) >= 11 is 8.13. The van der Waals surface area contributed by atoms with Gasteiger partial charge in [-0.1, -0.05) is 35.5 Å². The maximum atomic E-state index is 13.2. The second kappa shape index (κ2) is 8.50. The molecule has 146 valence electrons. The van der Waals surface area contributed by atoms with Crippen molar-refractivity contribution in [2.45, 2.75) is 18.3 Å². The summed E-state index contributed by atoms with van der Waals surface area (Å²) in [5.74, 6) is -0.536. The van der Waals surface area contributed by atoms with Gasteiger partial charge in [-0.3, -0.25) is 4.79 Å². The van der Waals surface area contributed by atoms with E-state index >= 15 is 0 Å². The average Bonchev–Trinajstić information content (AvgIpc) is 3.18. The van der Waals surface area contributed by atoms with Crippen molar-refractivity contribution < 1.29 is 18.0 Å². The lowest BCUT2D eigenvalue weighted by atomic mass is 10.2. The molecule has 0 fully saturated rings. The van der Waals surface area contributed by atoms with Gasteiger partial charge < -0.3 is 5.32 Å². The van der Waals surface area contributed by atoms with Crippen LogP contribution in [0.4, 0.5) is 18.9 Å². The summed E-state index contributed by atoms with van der Waals surface area (Å²) in [6.45, 7) is 1.76. The zero-order chi connectivity index (χ0) is 20.3. The summed E-state index contributed by atoms with van der Waals surface area (Å²) in [7, 11) is 0. The summed E-state index contributed by atoms with van der Waals surface area (Å²) in [5.41, 5.74) is 0.380. The molecule has 2 heterocycles. The molecule has 0 saturated heterocycles. The van der Waals surface area contributed by atoms with Gasteiger partial charge in [0, 0.05) is 10.7 Å². The van der Waals surface area contributed by atoms with Gasteiger partial charge in [0.2, 0.25) is 5.91 Å². The second-order valence-corrected chi connectivity index (χ2v) is 7.94. The number of carbonyl (C=O) groups excluding carboxylic acids is 1. The predicted octanol–water partition coefficient (Wildman–Crippen LogP) is 5.92. The number of carbonyl (C=O) groups is 1. The van der Waals surface area contributed by atoms with Crippen LogP contribution in [0.2, 0.25) is 5.02 Å². The molecule has 0 aliphatic heterocycles. The molecular weight excluding hydrogens is 431 g/mol. The molecule has 1 amide bonds. The fraction of sp³-hybridized carbons (Fsp3) is 0.167. The molecule has 0 aliphatic rings. The molecule has 4 nitrogen and oxygen atoms in total. The van der Waals surface area contributed by atoms with Crippen LogP contribution < -0.4 is 5.32 Å². The number of hydrogen-bond acceptors (Lipinski definition) is 5. The van der Waals surface area contributed by atoms with Crippen molar-refractivity contribution in [1.29, 1.82) is 0 Å².